The van der Waals surface area contributed by atoms with E-state index in [0.717, 1.165) is 0 Å². The summed E-state index contributed by atoms with van der Waals surface area (Å²) in [5.74, 6) is 0.398. The van der Waals surface area contributed by atoms with Gasteiger partial charge in [0.25, 0.3) is 5.56 Å². The van der Waals surface area contributed by atoms with E-state index in [4.69, 9.17) is 21.6 Å². The Morgan fingerprint density at radius 3 is 3.06 bits per heavy atom. The molecule has 17 heavy (non-hydrogen) atoms. The average molecular weight is 248 g/mol. The Labute approximate surface area is 101 Å². The largest absolute Gasteiger partial charge is 0.437 e. The van der Waals surface area contributed by atoms with Crippen LogP contribution in [0.1, 0.15) is 5.56 Å². The molecule has 0 aliphatic heterocycles. The Morgan fingerprint density at radius 1 is 1.47 bits per heavy atom. The Hall–Kier alpha value is -2.32. The number of hydrogen-bond acceptors (Lipinski definition) is 4. The lowest BCUT2D eigenvalue weighted by molar-refractivity contribution is 0.460. The summed E-state index contributed by atoms with van der Waals surface area (Å²) in [7, 11) is 0. The molecule has 0 saturated carbocycles. The van der Waals surface area contributed by atoms with Crippen molar-refractivity contribution in [2.75, 3.05) is 0 Å². The molecule has 1 heterocycles. The van der Waals surface area contributed by atoms with Crippen LogP contribution in [0.4, 0.5) is 0 Å². The normalized spacial score (nSPS) is 9.65. The number of benzene rings is 1. The van der Waals surface area contributed by atoms with Gasteiger partial charge in [-0.05, 0) is 18.2 Å². The molecule has 0 bridgehead atoms. The molecule has 0 aliphatic rings. The third-order valence-corrected chi connectivity index (χ3v) is 2.28. The van der Waals surface area contributed by atoms with Gasteiger partial charge >= 0.3 is 0 Å². The number of H-pyrrole nitrogens is 1. The SMILES string of the molecule is N#Cc1cccc(Oc2nc[nH]c(=O)c2Cl)c1. The van der Waals surface area contributed by atoms with Crippen LogP contribution in [0.5, 0.6) is 11.6 Å². The smallest absolute Gasteiger partial charge is 0.273 e. The zero-order valence-electron chi connectivity index (χ0n) is 8.48. The van der Waals surface area contributed by atoms with Crippen molar-refractivity contribution in [3.63, 3.8) is 0 Å². The van der Waals surface area contributed by atoms with E-state index in [0.29, 0.717) is 11.3 Å². The zero-order valence-corrected chi connectivity index (χ0v) is 9.23. The molecule has 0 amide bonds. The number of nitrogens with zero attached hydrogens (tertiary/aromatic N) is 2. The highest BCUT2D eigenvalue weighted by Gasteiger charge is 2.08. The fourth-order valence-electron chi connectivity index (χ4n) is 1.18. The van der Waals surface area contributed by atoms with Gasteiger partial charge < -0.3 is 9.72 Å². The van der Waals surface area contributed by atoms with Gasteiger partial charge in [-0.2, -0.15) is 5.26 Å². The van der Waals surface area contributed by atoms with Gasteiger partial charge in [-0.3, -0.25) is 4.79 Å². The third kappa shape index (κ3) is 2.44. The van der Waals surface area contributed by atoms with Crippen molar-refractivity contribution in [1.29, 1.82) is 5.26 Å². The van der Waals surface area contributed by atoms with Crippen molar-refractivity contribution >= 4 is 11.6 Å². The van der Waals surface area contributed by atoms with Crippen LogP contribution < -0.4 is 10.3 Å². The van der Waals surface area contributed by atoms with Gasteiger partial charge in [0.2, 0.25) is 5.88 Å². The van der Waals surface area contributed by atoms with Crippen LogP contribution in [0, 0.1) is 11.3 Å². The standard InChI is InChI=1S/C11H6ClN3O2/c12-9-10(16)14-6-15-11(9)17-8-3-1-2-7(4-8)5-13/h1-4,6H,(H,14,15,16). The highest BCUT2D eigenvalue weighted by molar-refractivity contribution is 6.31. The van der Waals surface area contributed by atoms with Gasteiger partial charge in [-0.15, -0.1) is 0 Å². The van der Waals surface area contributed by atoms with Gasteiger partial charge in [0, 0.05) is 0 Å². The molecule has 0 radical (unpaired) electrons. The van der Waals surface area contributed by atoms with E-state index in [1.807, 2.05) is 6.07 Å². The fraction of sp³-hybridized carbons (Fsp3) is 0. The molecule has 1 aromatic carbocycles. The minimum absolute atomic E-state index is 0.00510. The minimum atomic E-state index is -0.479. The molecule has 0 saturated heterocycles. The van der Waals surface area contributed by atoms with Crippen LogP contribution in [-0.4, -0.2) is 9.97 Å². The van der Waals surface area contributed by atoms with E-state index in [1.165, 1.54) is 12.4 Å². The first-order chi connectivity index (χ1) is 8.20. The minimum Gasteiger partial charge on any atom is -0.437 e. The molecular weight excluding hydrogens is 242 g/mol. The van der Waals surface area contributed by atoms with E-state index in [1.54, 1.807) is 18.2 Å². The Morgan fingerprint density at radius 2 is 2.29 bits per heavy atom. The maximum absolute atomic E-state index is 11.2. The van der Waals surface area contributed by atoms with Crippen molar-refractivity contribution in [3.05, 3.63) is 51.5 Å². The summed E-state index contributed by atoms with van der Waals surface area (Å²) in [5.41, 5.74) is -0.0310. The summed E-state index contributed by atoms with van der Waals surface area (Å²) in [5, 5.41) is 8.59. The number of nitriles is 1. The highest BCUT2D eigenvalue weighted by atomic mass is 35.5. The van der Waals surface area contributed by atoms with Gasteiger partial charge in [-0.1, -0.05) is 17.7 Å². The maximum Gasteiger partial charge on any atom is 0.273 e. The van der Waals surface area contributed by atoms with Crippen LogP contribution in [0.15, 0.2) is 35.4 Å². The van der Waals surface area contributed by atoms with Gasteiger partial charge in [-0.25, -0.2) is 4.98 Å². The Kier molecular flexibility index (Phi) is 3.08. The number of halogens is 1. The van der Waals surface area contributed by atoms with Gasteiger partial charge in [0.15, 0.2) is 5.02 Å². The van der Waals surface area contributed by atoms with Crippen LogP contribution in [-0.2, 0) is 0 Å². The van der Waals surface area contributed by atoms with Crippen LogP contribution in [0.3, 0.4) is 0 Å². The molecule has 5 nitrogen and oxygen atoms in total. The molecule has 0 unspecified atom stereocenters. The number of aromatic amines is 1. The molecule has 0 aliphatic carbocycles. The summed E-state index contributed by atoms with van der Waals surface area (Å²) in [6.45, 7) is 0. The molecule has 6 heteroatoms. The lowest BCUT2D eigenvalue weighted by Gasteiger charge is -2.05. The van der Waals surface area contributed by atoms with Crippen molar-refractivity contribution in [2.45, 2.75) is 0 Å². The first kappa shape index (κ1) is 11.2. The molecule has 2 aromatic rings. The summed E-state index contributed by atoms with van der Waals surface area (Å²) in [6, 6.07) is 8.44. The molecular formula is C11H6ClN3O2. The average Bonchev–Trinajstić information content (AvgIpc) is 2.35. The lowest BCUT2D eigenvalue weighted by atomic mass is 10.2. The van der Waals surface area contributed by atoms with E-state index >= 15 is 0 Å². The van der Waals surface area contributed by atoms with E-state index in [2.05, 4.69) is 9.97 Å². The molecule has 84 valence electrons. The maximum atomic E-state index is 11.2. The molecule has 1 N–H and O–H groups in total. The zero-order chi connectivity index (χ0) is 12.3. The van der Waals surface area contributed by atoms with Crippen molar-refractivity contribution in [3.8, 4) is 17.7 Å². The summed E-state index contributed by atoms with van der Waals surface area (Å²) < 4.78 is 5.32. The third-order valence-electron chi connectivity index (χ3n) is 1.94. The summed E-state index contributed by atoms with van der Waals surface area (Å²) >= 11 is 5.72. The van der Waals surface area contributed by atoms with Crippen molar-refractivity contribution in [1.82, 2.24) is 9.97 Å². The molecule has 0 spiro atoms. The number of ether oxygens (including phenoxy) is 1. The second kappa shape index (κ2) is 4.68. The van der Waals surface area contributed by atoms with Crippen LogP contribution in [0.2, 0.25) is 5.02 Å². The van der Waals surface area contributed by atoms with Gasteiger partial charge in [0.05, 0.1) is 18.0 Å². The predicted octanol–water partition coefficient (Wildman–Crippen LogP) is 2.09. The van der Waals surface area contributed by atoms with Gasteiger partial charge in [0.1, 0.15) is 5.75 Å². The summed E-state index contributed by atoms with van der Waals surface area (Å²) in [6.07, 6.45) is 1.19. The first-order valence-electron chi connectivity index (χ1n) is 4.62. The van der Waals surface area contributed by atoms with E-state index in [9.17, 15) is 4.79 Å². The Bertz CT molecular complexity index is 646. The summed E-state index contributed by atoms with van der Waals surface area (Å²) in [4.78, 5) is 17.3. The second-order valence-electron chi connectivity index (χ2n) is 3.09. The molecule has 0 atom stereocenters. The fourth-order valence-corrected chi connectivity index (χ4v) is 1.32. The predicted molar refractivity (Wildman–Crippen MR) is 61.1 cm³/mol. The quantitative estimate of drug-likeness (QED) is 0.881. The van der Waals surface area contributed by atoms with E-state index < -0.39 is 5.56 Å². The van der Waals surface area contributed by atoms with Crippen molar-refractivity contribution < 1.29 is 4.74 Å². The molecule has 2 rings (SSSR count). The molecule has 1 aromatic heterocycles. The topological polar surface area (TPSA) is 78.8 Å². The Balaban J connectivity index is 2.35. The van der Waals surface area contributed by atoms with Crippen molar-refractivity contribution in [2.24, 2.45) is 0 Å². The van der Waals surface area contributed by atoms with Crippen LogP contribution >= 0.6 is 11.6 Å². The molecule has 0 fully saturated rings. The number of aromatic nitrogens is 2. The van der Waals surface area contributed by atoms with E-state index in [-0.39, 0.29) is 10.9 Å². The lowest BCUT2D eigenvalue weighted by Crippen LogP contribution is -2.07. The number of nitrogens with one attached hydrogen (secondary N) is 1. The number of rotatable bonds is 2. The first-order valence-corrected chi connectivity index (χ1v) is 4.99. The van der Waals surface area contributed by atoms with Crippen LogP contribution in [0.25, 0.3) is 0 Å². The monoisotopic (exact) mass is 247 g/mol. The second-order valence-corrected chi connectivity index (χ2v) is 3.47. The highest BCUT2D eigenvalue weighted by Crippen LogP contribution is 2.23. The number of hydrogen-bond donors (Lipinski definition) is 1.